The smallest absolute Gasteiger partial charge is 0.416 e. The molecule has 1 unspecified atom stereocenters. The van der Waals surface area contributed by atoms with E-state index in [9.17, 15) is 18.4 Å². The number of hydrogen-bond acceptors (Lipinski definition) is 5. The van der Waals surface area contributed by atoms with Crippen molar-refractivity contribution in [3.8, 4) is 11.9 Å². The predicted molar refractivity (Wildman–Crippen MR) is 122 cm³/mol. The summed E-state index contributed by atoms with van der Waals surface area (Å²) in [5.74, 6) is 0.0813. The first-order valence-corrected chi connectivity index (χ1v) is 10.5. The minimum Gasteiger partial charge on any atom is -0.495 e. The molecule has 174 valence electrons. The number of ether oxygens (including phenoxy) is 1. The van der Waals surface area contributed by atoms with E-state index in [1.54, 1.807) is 24.4 Å². The number of nitriles is 1. The first kappa shape index (κ1) is 24.6. The topological polar surface area (TPSA) is 85.0 Å². The number of nitrogens with zero attached hydrogens (tertiary/aromatic N) is 4. The molecule has 0 radical (unpaired) electrons. The van der Waals surface area contributed by atoms with E-state index in [0.29, 0.717) is 27.9 Å². The highest BCUT2D eigenvalue weighted by molar-refractivity contribution is 6.42. The molecule has 1 heterocycles. The van der Waals surface area contributed by atoms with Crippen molar-refractivity contribution in [2.75, 3.05) is 25.5 Å². The molecule has 0 saturated heterocycles. The highest BCUT2D eigenvalue weighted by Crippen LogP contribution is 2.35. The van der Waals surface area contributed by atoms with Gasteiger partial charge in [0.2, 0.25) is 12.2 Å². The fourth-order valence-electron chi connectivity index (χ4n) is 3.26. The molecule has 1 atom stereocenters. The lowest BCUT2D eigenvalue weighted by atomic mass is 10.0. The molecule has 33 heavy (non-hydrogen) atoms. The van der Waals surface area contributed by atoms with Gasteiger partial charge >= 0.3 is 6.18 Å². The lowest BCUT2D eigenvalue weighted by Gasteiger charge is -2.20. The van der Waals surface area contributed by atoms with Gasteiger partial charge in [0, 0.05) is 5.56 Å². The van der Waals surface area contributed by atoms with Crippen molar-refractivity contribution in [2.24, 2.45) is 10.1 Å². The number of rotatable bonds is 5. The summed E-state index contributed by atoms with van der Waals surface area (Å²) >= 11 is 12.2. The van der Waals surface area contributed by atoms with E-state index in [4.69, 9.17) is 27.9 Å². The van der Waals surface area contributed by atoms with E-state index in [0.717, 1.165) is 12.1 Å². The zero-order valence-corrected chi connectivity index (χ0v) is 19.1. The molecule has 0 aliphatic carbocycles. The Hall–Kier alpha value is -3.00. The molecule has 1 aliphatic heterocycles. The molecule has 0 aromatic heterocycles. The van der Waals surface area contributed by atoms with Crippen LogP contribution in [0.4, 0.5) is 18.9 Å². The van der Waals surface area contributed by atoms with E-state index in [1.165, 1.54) is 18.2 Å². The van der Waals surface area contributed by atoms with Gasteiger partial charge in [0.05, 0.1) is 46.7 Å². The number of guanidine groups is 1. The minimum absolute atomic E-state index is 0.0143. The third kappa shape index (κ3) is 5.68. The fourth-order valence-corrected chi connectivity index (χ4v) is 3.55. The molecule has 2 aromatic carbocycles. The molecule has 1 aliphatic rings. The van der Waals surface area contributed by atoms with Gasteiger partial charge in [-0.2, -0.15) is 23.5 Å². The maximum absolute atomic E-state index is 13.2. The standard InChI is InChI=1S/C21H19Cl2F3N6O/c1-3-28-17-10-32(31-19(17)12-4-6-14(22)15(23)8-12)20(29-11-27)30-16-9-13(21(24,25)26)5-7-18(16)33-2/h4-9,17,28H,3,10H2,1-2H3,(H,29,30). The number of halogens is 5. The second-order valence-electron chi connectivity index (χ2n) is 6.88. The van der Waals surface area contributed by atoms with Crippen LogP contribution in [0.1, 0.15) is 18.1 Å². The first-order chi connectivity index (χ1) is 15.7. The number of likely N-dealkylation sites (N-methyl/N-ethyl adjacent to an activating group) is 1. The molecule has 3 rings (SSSR count). The first-order valence-electron chi connectivity index (χ1n) is 9.71. The number of hydrogen-bond donors (Lipinski definition) is 2. The average molecular weight is 499 g/mol. The Bertz CT molecular complexity index is 1130. The highest BCUT2D eigenvalue weighted by Gasteiger charge is 2.33. The van der Waals surface area contributed by atoms with Gasteiger partial charge in [-0.25, -0.2) is 5.01 Å². The predicted octanol–water partition coefficient (Wildman–Crippen LogP) is 4.97. The van der Waals surface area contributed by atoms with E-state index in [2.05, 4.69) is 20.7 Å². The Balaban J connectivity index is 1.99. The van der Waals surface area contributed by atoms with Gasteiger partial charge in [-0.1, -0.05) is 36.2 Å². The second kappa shape index (κ2) is 10.3. The molecule has 0 amide bonds. The van der Waals surface area contributed by atoms with Gasteiger partial charge in [0.1, 0.15) is 5.75 Å². The van der Waals surface area contributed by atoms with Crippen molar-refractivity contribution in [1.29, 1.82) is 5.26 Å². The SMILES string of the molecule is CCNC1CN(/C(=N\C#N)Nc2cc(C(F)(F)F)ccc2OC)N=C1c1ccc(Cl)c(Cl)c1. The summed E-state index contributed by atoms with van der Waals surface area (Å²) in [4.78, 5) is 3.74. The Morgan fingerprint density at radius 2 is 2.03 bits per heavy atom. The Morgan fingerprint density at radius 1 is 1.27 bits per heavy atom. The number of benzene rings is 2. The summed E-state index contributed by atoms with van der Waals surface area (Å²) in [5.41, 5.74) is 0.415. The number of methoxy groups -OCH3 is 1. The molecule has 12 heteroatoms. The summed E-state index contributed by atoms with van der Waals surface area (Å²) in [7, 11) is 1.33. The van der Waals surface area contributed by atoms with Crippen LogP contribution in [0.25, 0.3) is 0 Å². The number of anilines is 1. The van der Waals surface area contributed by atoms with Gasteiger partial charge in [-0.05, 0) is 36.9 Å². The molecule has 0 spiro atoms. The Labute approximate surface area is 198 Å². The van der Waals surface area contributed by atoms with Crippen LogP contribution in [0.15, 0.2) is 46.5 Å². The summed E-state index contributed by atoms with van der Waals surface area (Å²) in [6.45, 7) is 2.81. The van der Waals surface area contributed by atoms with E-state index in [1.807, 2.05) is 6.92 Å². The van der Waals surface area contributed by atoms with E-state index < -0.39 is 11.7 Å². The lowest BCUT2D eigenvalue weighted by Crippen LogP contribution is -2.41. The van der Waals surface area contributed by atoms with Crippen LogP contribution in [-0.4, -0.2) is 42.9 Å². The average Bonchev–Trinajstić information content (AvgIpc) is 3.19. The van der Waals surface area contributed by atoms with Crippen LogP contribution in [0, 0.1) is 11.5 Å². The van der Waals surface area contributed by atoms with Crippen LogP contribution >= 0.6 is 23.2 Å². The van der Waals surface area contributed by atoms with Crippen molar-refractivity contribution in [3.05, 3.63) is 57.6 Å². The fraction of sp³-hybridized carbons (Fsp3) is 0.286. The number of alkyl halides is 3. The molecule has 0 fully saturated rings. The van der Waals surface area contributed by atoms with Gasteiger partial charge in [-0.15, -0.1) is 4.99 Å². The zero-order chi connectivity index (χ0) is 24.2. The monoisotopic (exact) mass is 498 g/mol. The molecule has 2 aromatic rings. The molecule has 7 nitrogen and oxygen atoms in total. The van der Waals surface area contributed by atoms with Gasteiger partial charge in [0.25, 0.3) is 0 Å². The Morgan fingerprint density at radius 3 is 2.64 bits per heavy atom. The quantitative estimate of drug-likeness (QED) is 0.345. The number of nitrogens with one attached hydrogen (secondary N) is 2. The van der Waals surface area contributed by atoms with Gasteiger partial charge in [-0.3, -0.25) is 0 Å². The molecular weight excluding hydrogens is 480 g/mol. The summed E-state index contributed by atoms with van der Waals surface area (Å²) < 4.78 is 44.8. The summed E-state index contributed by atoms with van der Waals surface area (Å²) in [6, 6.07) is 7.78. The molecule has 0 saturated carbocycles. The van der Waals surface area contributed by atoms with E-state index in [-0.39, 0.29) is 30.0 Å². The molecule has 2 N–H and O–H groups in total. The second-order valence-corrected chi connectivity index (χ2v) is 7.69. The van der Waals surface area contributed by atoms with Crippen molar-refractivity contribution in [2.45, 2.75) is 19.1 Å². The zero-order valence-electron chi connectivity index (χ0n) is 17.5. The molecular formula is C21H19Cl2F3N6O. The largest absolute Gasteiger partial charge is 0.495 e. The van der Waals surface area contributed by atoms with Crippen LogP contribution in [-0.2, 0) is 6.18 Å². The van der Waals surface area contributed by atoms with Crippen LogP contribution in [0.3, 0.4) is 0 Å². The number of aliphatic imine (C=N–C) groups is 1. The van der Waals surface area contributed by atoms with E-state index >= 15 is 0 Å². The van der Waals surface area contributed by atoms with Crippen molar-refractivity contribution < 1.29 is 17.9 Å². The Kier molecular flexibility index (Phi) is 7.68. The van der Waals surface area contributed by atoms with Crippen LogP contribution in [0.2, 0.25) is 10.0 Å². The lowest BCUT2D eigenvalue weighted by molar-refractivity contribution is -0.137. The third-order valence-corrected chi connectivity index (χ3v) is 5.49. The maximum Gasteiger partial charge on any atom is 0.416 e. The minimum atomic E-state index is -4.56. The van der Waals surface area contributed by atoms with Crippen molar-refractivity contribution in [3.63, 3.8) is 0 Å². The summed E-state index contributed by atoms with van der Waals surface area (Å²) in [6.07, 6.45) is -2.90. The highest BCUT2D eigenvalue weighted by atomic mass is 35.5. The van der Waals surface area contributed by atoms with Crippen molar-refractivity contribution in [1.82, 2.24) is 10.3 Å². The normalized spacial score (nSPS) is 16.4. The van der Waals surface area contributed by atoms with Gasteiger partial charge < -0.3 is 15.4 Å². The summed E-state index contributed by atoms with van der Waals surface area (Å²) in [5, 5.41) is 21.9. The maximum atomic E-state index is 13.2. The van der Waals surface area contributed by atoms with Crippen molar-refractivity contribution >= 4 is 40.6 Å². The third-order valence-electron chi connectivity index (χ3n) is 4.75. The molecule has 0 bridgehead atoms. The number of hydrazone groups is 1. The van der Waals surface area contributed by atoms with Gasteiger partial charge in [0.15, 0.2) is 0 Å². The van der Waals surface area contributed by atoms with Crippen LogP contribution in [0.5, 0.6) is 5.75 Å². The van der Waals surface area contributed by atoms with Crippen LogP contribution < -0.4 is 15.4 Å².